The van der Waals surface area contributed by atoms with Crippen LogP contribution >= 0.6 is 0 Å². The molecule has 136 valence electrons. The van der Waals surface area contributed by atoms with Crippen molar-refractivity contribution in [3.05, 3.63) is 35.4 Å². The lowest BCUT2D eigenvalue weighted by atomic mass is 9.95. The van der Waals surface area contributed by atoms with Crippen molar-refractivity contribution < 1.29 is 27.9 Å². The van der Waals surface area contributed by atoms with Gasteiger partial charge in [0.1, 0.15) is 6.54 Å². The van der Waals surface area contributed by atoms with Gasteiger partial charge in [-0.25, -0.2) is 0 Å². The van der Waals surface area contributed by atoms with Crippen LogP contribution in [0.3, 0.4) is 0 Å². The van der Waals surface area contributed by atoms with Gasteiger partial charge in [0.2, 0.25) is 0 Å². The summed E-state index contributed by atoms with van der Waals surface area (Å²) in [6.45, 7) is 5.25. The quantitative estimate of drug-likeness (QED) is 0.876. The highest BCUT2D eigenvalue weighted by atomic mass is 19.4. The molecule has 1 heterocycles. The number of carboxylic acids is 1. The number of hydrogen-bond donors (Lipinski definition) is 1. The minimum atomic E-state index is -4.64. The molecular formula is C16H18F3N3O3. The second kappa shape index (κ2) is 6.12. The highest BCUT2D eigenvalue weighted by molar-refractivity contribution is 5.96. The zero-order valence-corrected chi connectivity index (χ0v) is 14.0. The predicted molar refractivity (Wildman–Crippen MR) is 82.0 cm³/mol. The minimum Gasteiger partial charge on any atom is -0.480 e. The van der Waals surface area contributed by atoms with Gasteiger partial charge in [-0.15, -0.1) is 10.2 Å². The van der Waals surface area contributed by atoms with E-state index in [0.717, 1.165) is 17.0 Å². The van der Waals surface area contributed by atoms with Crippen molar-refractivity contribution in [1.29, 1.82) is 0 Å². The SMILES string of the molecule is CC(C)(C)CN(CC(=O)O)C(=O)c1ccc(C2(C(F)(F)F)N=N2)cc1. The van der Waals surface area contributed by atoms with Gasteiger partial charge in [0.05, 0.1) is 0 Å². The molecule has 25 heavy (non-hydrogen) atoms. The van der Waals surface area contributed by atoms with E-state index in [9.17, 15) is 22.8 Å². The molecule has 9 heteroatoms. The maximum Gasteiger partial charge on any atom is 0.442 e. The zero-order chi connectivity index (χ0) is 19.0. The number of nitrogens with zero attached hydrogens (tertiary/aromatic N) is 3. The van der Waals surface area contributed by atoms with Gasteiger partial charge in [-0.2, -0.15) is 13.2 Å². The van der Waals surface area contributed by atoms with Gasteiger partial charge >= 0.3 is 17.8 Å². The van der Waals surface area contributed by atoms with Crippen LogP contribution in [0.15, 0.2) is 34.5 Å². The third-order valence-corrected chi connectivity index (χ3v) is 3.51. The molecule has 0 bridgehead atoms. The Labute approximate surface area is 142 Å². The lowest BCUT2D eigenvalue weighted by Gasteiger charge is -2.29. The number of halogens is 3. The highest BCUT2D eigenvalue weighted by Gasteiger charge is 2.65. The number of aliphatic carboxylic acids is 1. The normalized spacial score (nSPS) is 15.8. The van der Waals surface area contributed by atoms with Gasteiger partial charge in [0.15, 0.2) is 0 Å². The van der Waals surface area contributed by atoms with Crippen LogP contribution in [0.1, 0.15) is 36.7 Å². The molecular weight excluding hydrogens is 339 g/mol. The highest BCUT2D eigenvalue weighted by Crippen LogP contribution is 2.52. The van der Waals surface area contributed by atoms with E-state index >= 15 is 0 Å². The number of rotatable bonds is 5. The van der Waals surface area contributed by atoms with E-state index in [1.807, 2.05) is 20.8 Å². The summed E-state index contributed by atoms with van der Waals surface area (Å²) >= 11 is 0. The third kappa shape index (κ3) is 4.15. The van der Waals surface area contributed by atoms with Crippen LogP contribution in [0.4, 0.5) is 13.2 Å². The van der Waals surface area contributed by atoms with Crippen molar-refractivity contribution in [2.75, 3.05) is 13.1 Å². The van der Waals surface area contributed by atoms with Crippen LogP contribution in [-0.2, 0) is 10.5 Å². The summed E-state index contributed by atoms with van der Waals surface area (Å²) in [6, 6.07) is 4.73. The fourth-order valence-corrected chi connectivity index (χ4v) is 2.41. The van der Waals surface area contributed by atoms with Crippen molar-refractivity contribution in [1.82, 2.24) is 4.90 Å². The number of alkyl halides is 3. The Balaban J connectivity index is 2.22. The first kappa shape index (κ1) is 18.9. The van der Waals surface area contributed by atoms with Gasteiger partial charge in [0.25, 0.3) is 5.91 Å². The average Bonchev–Trinajstić information content (AvgIpc) is 3.25. The fraction of sp³-hybridized carbons (Fsp3) is 0.500. The second-order valence-corrected chi connectivity index (χ2v) is 7.06. The number of benzene rings is 1. The van der Waals surface area contributed by atoms with Crippen molar-refractivity contribution in [2.24, 2.45) is 15.6 Å². The summed E-state index contributed by atoms with van der Waals surface area (Å²) in [4.78, 5) is 24.7. The van der Waals surface area contributed by atoms with Crippen LogP contribution < -0.4 is 0 Å². The summed E-state index contributed by atoms with van der Waals surface area (Å²) in [7, 11) is 0. The van der Waals surface area contributed by atoms with Gasteiger partial charge in [-0.3, -0.25) is 9.59 Å². The lowest BCUT2D eigenvalue weighted by molar-refractivity contribution is -0.166. The summed E-state index contributed by atoms with van der Waals surface area (Å²) < 4.78 is 38.9. The van der Waals surface area contributed by atoms with Crippen molar-refractivity contribution >= 4 is 11.9 Å². The van der Waals surface area contributed by atoms with E-state index in [-0.39, 0.29) is 23.1 Å². The molecule has 1 amide bonds. The molecule has 0 radical (unpaired) electrons. The first-order chi connectivity index (χ1) is 11.4. The number of carbonyl (C=O) groups excluding carboxylic acids is 1. The van der Waals surface area contributed by atoms with E-state index in [4.69, 9.17) is 5.11 Å². The fourth-order valence-electron chi connectivity index (χ4n) is 2.41. The Morgan fingerprint density at radius 1 is 1.12 bits per heavy atom. The van der Waals surface area contributed by atoms with Crippen LogP contribution in [0.2, 0.25) is 0 Å². The maximum atomic E-state index is 13.0. The molecule has 1 aromatic rings. The van der Waals surface area contributed by atoms with Crippen LogP contribution in [0, 0.1) is 5.41 Å². The molecule has 1 aliphatic heterocycles. The molecule has 2 rings (SSSR count). The summed E-state index contributed by atoms with van der Waals surface area (Å²) in [5.74, 6) is -1.73. The van der Waals surface area contributed by atoms with Gasteiger partial charge < -0.3 is 10.0 Å². The lowest BCUT2D eigenvalue weighted by Crippen LogP contribution is -2.41. The van der Waals surface area contributed by atoms with Crippen LogP contribution in [0.5, 0.6) is 0 Å². The van der Waals surface area contributed by atoms with Crippen molar-refractivity contribution in [3.63, 3.8) is 0 Å². The molecule has 0 saturated carbocycles. The Kier molecular flexibility index (Phi) is 4.63. The largest absolute Gasteiger partial charge is 0.480 e. The Morgan fingerprint density at radius 3 is 2.00 bits per heavy atom. The Hall–Kier alpha value is -2.45. The van der Waals surface area contributed by atoms with E-state index in [1.165, 1.54) is 12.1 Å². The van der Waals surface area contributed by atoms with Gasteiger partial charge in [-0.1, -0.05) is 32.9 Å². The Morgan fingerprint density at radius 2 is 1.64 bits per heavy atom. The Bertz CT molecular complexity index is 700. The maximum absolute atomic E-state index is 13.0. The first-order valence-electron chi connectivity index (χ1n) is 7.48. The monoisotopic (exact) mass is 357 g/mol. The summed E-state index contributed by atoms with van der Waals surface area (Å²) in [5.41, 5.74) is -2.96. The average molecular weight is 357 g/mol. The summed E-state index contributed by atoms with van der Waals surface area (Å²) in [6.07, 6.45) is -4.64. The number of carboxylic acid groups (broad SMARTS) is 1. The molecule has 0 saturated heterocycles. The second-order valence-electron chi connectivity index (χ2n) is 7.06. The van der Waals surface area contributed by atoms with Crippen LogP contribution in [-0.4, -0.2) is 41.1 Å². The van der Waals surface area contributed by atoms with Crippen LogP contribution in [0.25, 0.3) is 0 Å². The van der Waals surface area contributed by atoms with Crippen molar-refractivity contribution in [3.8, 4) is 0 Å². The number of carbonyl (C=O) groups is 2. The molecule has 1 N–H and O–H groups in total. The summed E-state index contributed by atoms with van der Waals surface area (Å²) in [5, 5.41) is 15.2. The van der Waals surface area contributed by atoms with E-state index in [0.29, 0.717) is 0 Å². The molecule has 0 atom stereocenters. The molecule has 0 fully saturated rings. The molecule has 0 aliphatic carbocycles. The molecule has 1 aliphatic rings. The number of amides is 1. The predicted octanol–water partition coefficient (Wildman–Crippen LogP) is 3.44. The van der Waals surface area contributed by atoms with Gasteiger partial charge in [0, 0.05) is 17.7 Å². The van der Waals surface area contributed by atoms with E-state index < -0.39 is 30.3 Å². The van der Waals surface area contributed by atoms with Crippen molar-refractivity contribution in [2.45, 2.75) is 32.6 Å². The third-order valence-electron chi connectivity index (χ3n) is 3.51. The topological polar surface area (TPSA) is 82.3 Å². The molecule has 0 unspecified atom stereocenters. The molecule has 1 aromatic carbocycles. The van der Waals surface area contributed by atoms with E-state index in [1.54, 1.807) is 0 Å². The smallest absolute Gasteiger partial charge is 0.442 e. The molecule has 6 nitrogen and oxygen atoms in total. The minimum absolute atomic E-state index is 0.104. The van der Waals surface area contributed by atoms with Gasteiger partial charge in [-0.05, 0) is 17.5 Å². The number of hydrogen-bond acceptors (Lipinski definition) is 4. The first-order valence-corrected chi connectivity index (χ1v) is 7.48. The standard InChI is InChI=1S/C16H18F3N3O3/c1-14(2,3)9-22(8-12(23)24)13(25)10-4-6-11(7-5-10)15(20-21-15)16(17,18)19/h4-7H,8-9H2,1-3H3,(H,23,24). The van der Waals surface area contributed by atoms with E-state index in [2.05, 4.69) is 10.2 Å². The molecule has 0 spiro atoms. The zero-order valence-electron chi connectivity index (χ0n) is 14.0. The molecule has 0 aromatic heterocycles.